The summed E-state index contributed by atoms with van der Waals surface area (Å²) in [6, 6.07) is 0.722. The highest BCUT2D eigenvalue weighted by atomic mass is 16.5. The van der Waals surface area contributed by atoms with E-state index < -0.39 is 0 Å². The maximum absolute atomic E-state index is 6.04. The van der Waals surface area contributed by atoms with Crippen molar-refractivity contribution in [2.45, 2.75) is 71.9 Å². The van der Waals surface area contributed by atoms with E-state index in [0.29, 0.717) is 6.10 Å². The Morgan fingerprint density at radius 1 is 0.909 bits per heavy atom. The molecule has 0 unspecified atom stereocenters. The molecule has 22 heavy (non-hydrogen) atoms. The largest absolute Gasteiger partial charge is 0.378 e. The van der Waals surface area contributed by atoms with Crippen molar-refractivity contribution < 1.29 is 4.74 Å². The Bertz CT molecular complexity index is 290. The van der Waals surface area contributed by atoms with Crippen molar-refractivity contribution in [3.63, 3.8) is 0 Å². The Hall–Kier alpha value is -0.120. The van der Waals surface area contributed by atoms with Crippen molar-refractivity contribution in [3.05, 3.63) is 0 Å². The highest BCUT2D eigenvalue weighted by Gasteiger charge is 2.25. The van der Waals surface area contributed by atoms with E-state index in [1.807, 2.05) is 0 Å². The van der Waals surface area contributed by atoms with E-state index in [1.54, 1.807) is 0 Å². The third kappa shape index (κ3) is 6.17. The number of hydrogen-bond acceptors (Lipinski definition) is 3. The fraction of sp³-hybridized carbons (Fsp3) is 1.00. The standard InChI is InChI=1S/C19H38N2O/c1-16(2)9-14-22-19-7-10-20(11-8-19)15-18-5-12-21(13-6-18)17(3)4/h16-19H,5-15H2,1-4H3. The molecule has 0 N–H and O–H groups in total. The molecule has 2 aliphatic heterocycles. The maximum Gasteiger partial charge on any atom is 0.0599 e. The zero-order valence-electron chi connectivity index (χ0n) is 15.4. The molecule has 0 spiro atoms. The van der Waals surface area contributed by atoms with Gasteiger partial charge < -0.3 is 14.5 Å². The molecule has 3 heteroatoms. The quantitative estimate of drug-likeness (QED) is 0.714. The lowest BCUT2D eigenvalue weighted by atomic mass is 9.94. The van der Waals surface area contributed by atoms with E-state index in [9.17, 15) is 0 Å². The molecule has 2 heterocycles. The van der Waals surface area contributed by atoms with Crippen LogP contribution in [0.1, 0.15) is 59.8 Å². The first-order valence-electron chi connectivity index (χ1n) is 9.62. The van der Waals surface area contributed by atoms with Crippen molar-refractivity contribution in [1.82, 2.24) is 9.80 Å². The molecule has 0 aromatic rings. The van der Waals surface area contributed by atoms with Crippen LogP contribution in [0.4, 0.5) is 0 Å². The van der Waals surface area contributed by atoms with E-state index >= 15 is 0 Å². The van der Waals surface area contributed by atoms with E-state index in [-0.39, 0.29) is 0 Å². The minimum atomic E-state index is 0.526. The van der Waals surface area contributed by atoms with Gasteiger partial charge in [-0.15, -0.1) is 0 Å². The third-order valence-electron chi connectivity index (χ3n) is 5.48. The number of piperidine rings is 2. The number of nitrogens with zero attached hydrogens (tertiary/aromatic N) is 2. The number of hydrogen-bond donors (Lipinski definition) is 0. The van der Waals surface area contributed by atoms with Gasteiger partial charge in [-0.1, -0.05) is 13.8 Å². The van der Waals surface area contributed by atoms with Crippen LogP contribution in [0.25, 0.3) is 0 Å². The Labute approximate surface area is 138 Å². The topological polar surface area (TPSA) is 15.7 Å². The summed E-state index contributed by atoms with van der Waals surface area (Å²) in [4.78, 5) is 5.32. The second-order valence-electron chi connectivity index (χ2n) is 8.13. The van der Waals surface area contributed by atoms with Crippen LogP contribution in [0.15, 0.2) is 0 Å². The lowest BCUT2D eigenvalue weighted by Crippen LogP contribution is -2.44. The molecule has 0 atom stereocenters. The molecular weight excluding hydrogens is 272 g/mol. The van der Waals surface area contributed by atoms with Gasteiger partial charge in [0.25, 0.3) is 0 Å². The molecule has 0 saturated carbocycles. The fourth-order valence-electron chi connectivity index (χ4n) is 3.75. The first-order chi connectivity index (χ1) is 10.5. The second-order valence-corrected chi connectivity index (χ2v) is 8.13. The average molecular weight is 311 g/mol. The predicted molar refractivity (Wildman–Crippen MR) is 94.3 cm³/mol. The van der Waals surface area contributed by atoms with Crippen molar-refractivity contribution in [2.75, 3.05) is 39.3 Å². The monoisotopic (exact) mass is 310 g/mol. The van der Waals surface area contributed by atoms with Gasteiger partial charge in [-0.25, -0.2) is 0 Å². The lowest BCUT2D eigenvalue weighted by Gasteiger charge is -2.38. The molecule has 0 radical (unpaired) electrons. The molecule has 2 fully saturated rings. The number of ether oxygens (including phenoxy) is 1. The van der Waals surface area contributed by atoms with Crippen molar-refractivity contribution >= 4 is 0 Å². The molecule has 0 bridgehead atoms. The van der Waals surface area contributed by atoms with Crippen LogP contribution in [-0.2, 0) is 4.74 Å². The van der Waals surface area contributed by atoms with E-state index in [2.05, 4.69) is 37.5 Å². The normalized spacial score (nSPS) is 23.7. The summed E-state index contributed by atoms with van der Waals surface area (Å²) in [5.41, 5.74) is 0. The van der Waals surface area contributed by atoms with Gasteiger partial charge in [0.05, 0.1) is 6.10 Å². The summed E-state index contributed by atoms with van der Waals surface area (Å²) in [5.74, 6) is 1.69. The van der Waals surface area contributed by atoms with Gasteiger partial charge in [0.1, 0.15) is 0 Å². The molecular formula is C19H38N2O. The molecule has 0 amide bonds. The van der Waals surface area contributed by atoms with Crippen molar-refractivity contribution in [1.29, 1.82) is 0 Å². The molecule has 0 aromatic heterocycles. The molecule has 2 saturated heterocycles. The van der Waals surface area contributed by atoms with Crippen LogP contribution in [0.2, 0.25) is 0 Å². The third-order valence-corrected chi connectivity index (χ3v) is 5.48. The highest BCUT2D eigenvalue weighted by molar-refractivity contribution is 4.79. The Morgan fingerprint density at radius 2 is 1.55 bits per heavy atom. The van der Waals surface area contributed by atoms with Crippen LogP contribution in [0.3, 0.4) is 0 Å². The zero-order valence-corrected chi connectivity index (χ0v) is 15.4. The van der Waals surface area contributed by atoms with Gasteiger partial charge in [-0.3, -0.25) is 0 Å². The molecule has 130 valence electrons. The van der Waals surface area contributed by atoms with Crippen molar-refractivity contribution in [2.24, 2.45) is 11.8 Å². The molecule has 2 rings (SSSR count). The van der Waals surface area contributed by atoms with E-state index in [1.165, 1.54) is 64.8 Å². The molecule has 0 aromatic carbocycles. The van der Waals surface area contributed by atoms with E-state index in [4.69, 9.17) is 4.74 Å². The summed E-state index contributed by atoms with van der Waals surface area (Å²) in [5, 5.41) is 0. The zero-order chi connectivity index (χ0) is 15.9. The first-order valence-corrected chi connectivity index (χ1v) is 9.62. The summed E-state index contributed by atoms with van der Waals surface area (Å²) in [6.45, 7) is 16.6. The predicted octanol–water partition coefficient (Wildman–Crippen LogP) is 3.63. The smallest absolute Gasteiger partial charge is 0.0599 e. The van der Waals surface area contributed by atoms with Crippen LogP contribution < -0.4 is 0 Å². The molecule has 3 nitrogen and oxygen atoms in total. The van der Waals surface area contributed by atoms with Gasteiger partial charge in [0.15, 0.2) is 0 Å². The Kier molecular flexibility index (Phi) is 7.66. The van der Waals surface area contributed by atoms with Crippen LogP contribution in [-0.4, -0.2) is 61.3 Å². The fourth-order valence-corrected chi connectivity index (χ4v) is 3.75. The highest BCUT2D eigenvalue weighted by Crippen LogP contribution is 2.22. The number of rotatable bonds is 7. The van der Waals surface area contributed by atoms with Gasteiger partial charge >= 0.3 is 0 Å². The first kappa shape index (κ1) is 18.2. The van der Waals surface area contributed by atoms with E-state index in [0.717, 1.165) is 24.5 Å². The number of likely N-dealkylation sites (tertiary alicyclic amines) is 2. The summed E-state index contributed by atoms with van der Waals surface area (Å²) >= 11 is 0. The summed E-state index contributed by atoms with van der Waals surface area (Å²) < 4.78 is 6.04. The molecule has 0 aliphatic carbocycles. The Morgan fingerprint density at radius 3 is 2.09 bits per heavy atom. The SMILES string of the molecule is CC(C)CCOC1CCN(CC2CCN(C(C)C)CC2)CC1. The van der Waals surface area contributed by atoms with Gasteiger partial charge in [-0.05, 0) is 70.9 Å². The lowest BCUT2D eigenvalue weighted by molar-refractivity contribution is -0.00198. The van der Waals surface area contributed by atoms with Gasteiger partial charge in [0, 0.05) is 32.3 Å². The minimum absolute atomic E-state index is 0.526. The second kappa shape index (κ2) is 9.24. The molecule has 2 aliphatic rings. The van der Waals surface area contributed by atoms with Crippen molar-refractivity contribution in [3.8, 4) is 0 Å². The van der Waals surface area contributed by atoms with Crippen LogP contribution >= 0.6 is 0 Å². The maximum atomic E-state index is 6.04. The van der Waals surface area contributed by atoms with Gasteiger partial charge in [0.2, 0.25) is 0 Å². The van der Waals surface area contributed by atoms with Gasteiger partial charge in [-0.2, -0.15) is 0 Å². The average Bonchev–Trinajstić information content (AvgIpc) is 2.49. The summed E-state index contributed by atoms with van der Waals surface area (Å²) in [6.07, 6.45) is 6.99. The van der Waals surface area contributed by atoms with Crippen LogP contribution in [0, 0.1) is 11.8 Å². The van der Waals surface area contributed by atoms with Crippen LogP contribution in [0.5, 0.6) is 0 Å². The minimum Gasteiger partial charge on any atom is -0.378 e. The summed E-state index contributed by atoms with van der Waals surface area (Å²) in [7, 11) is 0. The Balaban J connectivity index is 1.58.